The molecular weight excluding hydrogens is 306 g/mol. The van der Waals surface area contributed by atoms with Gasteiger partial charge in [-0.3, -0.25) is 4.40 Å². The van der Waals surface area contributed by atoms with Gasteiger partial charge in [0.25, 0.3) is 0 Å². The van der Waals surface area contributed by atoms with Crippen molar-refractivity contribution >= 4 is 28.6 Å². The van der Waals surface area contributed by atoms with Crippen LogP contribution in [-0.2, 0) is 0 Å². The van der Waals surface area contributed by atoms with E-state index in [1.165, 1.54) is 0 Å². The van der Waals surface area contributed by atoms with Crippen molar-refractivity contribution in [3.05, 3.63) is 36.7 Å². The van der Waals surface area contributed by atoms with Gasteiger partial charge in [-0.15, -0.1) is 0 Å². The first-order chi connectivity index (χ1) is 11.8. The minimum absolute atomic E-state index is 0.518. The van der Waals surface area contributed by atoms with Crippen LogP contribution in [0.5, 0.6) is 0 Å². The van der Waals surface area contributed by atoms with Gasteiger partial charge in [-0.2, -0.15) is 0 Å². The first-order valence-corrected chi connectivity index (χ1v) is 8.18. The average molecular weight is 327 g/mol. The van der Waals surface area contributed by atoms with Crippen molar-refractivity contribution in [2.45, 2.75) is 25.7 Å². The number of hydrogen-bond donors (Lipinski definition) is 3. The summed E-state index contributed by atoms with van der Waals surface area (Å²) < 4.78 is 2.04. The summed E-state index contributed by atoms with van der Waals surface area (Å²) in [5, 5.41) is 14.2. The Labute approximate surface area is 139 Å². The van der Waals surface area contributed by atoms with Gasteiger partial charge in [-0.1, -0.05) is 25.0 Å². The summed E-state index contributed by atoms with van der Waals surface area (Å²) in [4.78, 5) is 19.4. The van der Waals surface area contributed by atoms with E-state index in [1.807, 2.05) is 34.9 Å². The molecule has 7 nitrogen and oxygen atoms in total. The molecule has 2 aromatic heterocycles. The zero-order valence-corrected chi connectivity index (χ0v) is 13.4. The number of carbonyl (C=O) groups is 1. The number of anilines is 1. The molecule has 0 aliphatic rings. The normalized spacial score (nSPS) is 11.0. The van der Waals surface area contributed by atoms with E-state index in [2.05, 4.69) is 20.6 Å². The van der Waals surface area contributed by atoms with E-state index in [1.54, 1.807) is 6.20 Å². The molecule has 0 fully saturated rings. The van der Waals surface area contributed by atoms with E-state index in [9.17, 15) is 4.79 Å². The van der Waals surface area contributed by atoms with Gasteiger partial charge in [0.2, 0.25) is 0 Å². The Morgan fingerprint density at radius 1 is 1.12 bits per heavy atom. The van der Waals surface area contributed by atoms with Crippen LogP contribution in [0.25, 0.3) is 16.7 Å². The third-order valence-corrected chi connectivity index (χ3v) is 3.90. The second-order valence-corrected chi connectivity index (χ2v) is 5.64. The number of rotatable bonds is 8. The van der Waals surface area contributed by atoms with Crippen LogP contribution >= 0.6 is 0 Å². The van der Waals surface area contributed by atoms with Gasteiger partial charge in [-0.05, 0) is 25.0 Å². The van der Waals surface area contributed by atoms with E-state index >= 15 is 0 Å². The zero-order chi connectivity index (χ0) is 16.8. The Morgan fingerprint density at radius 2 is 1.92 bits per heavy atom. The highest BCUT2D eigenvalue weighted by Gasteiger charge is 2.08. The third-order valence-electron chi connectivity index (χ3n) is 3.90. The third kappa shape index (κ3) is 3.73. The minimum Gasteiger partial charge on any atom is -0.465 e. The quantitative estimate of drug-likeness (QED) is 0.553. The molecule has 0 saturated heterocycles. The van der Waals surface area contributed by atoms with Crippen LogP contribution in [0.2, 0.25) is 0 Å². The number of fused-ring (bicyclic) bond motifs is 3. The maximum Gasteiger partial charge on any atom is 0.404 e. The van der Waals surface area contributed by atoms with E-state index in [-0.39, 0.29) is 0 Å². The summed E-state index contributed by atoms with van der Waals surface area (Å²) in [5.41, 5.74) is 2.81. The smallest absolute Gasteiger partial charge is 0.404 e. The van der Waals surface area contributed by atoms with E-state index in [0.717, 1.165) is 54.7 Å². The van der Waals surface area contributed by atoms with Crippen molar-refractivity contribution in [2.75, 3.05) is 18.4 Å². The molecule has 0 radical (unpaired) electrons. The van der Waals surface area contributed by atoms with Crippen LogP contribution in [0.3, 0.4) is 0 Å². The Kier molecular flexibility index (Phi) is 5.10. The van der Waals surface area contributed by atoms with Gasteiger partial charge >= 0.3 is 6.09 Å². The Hall–Kier alpha value is -2.83. The topological polar surface area (TPSA) is 91.5 Å². The average Bonchev–Trinajstić information content (AvgIpc) is 3.07. The maximum absolute atomic E-state index is 10.3. The number of benzene rings is 1. The fourth-order valence-corrected chi connectivity index (χ4v) is 2.73. The number of unbranched alkanes of at least 4 members (excludes halogenated alkanes) is 3. The van der Waals surface area contributed by atoms with Crippen molar-refractivity contribution in [3.63, 3.8) is 0 Å². The summed E-state index contributed by atoms with van der Waals surface area (Å²) in [6.45, 7) is 1.34. The number of amides is 1. The van der Waals surface area contributed by atoms with Crippen molar-refractivity contribution in [2.24, 2.45) is 0 Å². The fourth-order valence-electron chi connectivity index (χ4n) is 2.73. The summed E-state index contributed by atoms with van der Waals surface area (Å²) in [6.07, 6.45) is 6.70. The lowest BCUT2D eigenvalue weighted by atomic mass is 10.2. The summed E-state index contributed by atoms with van der Waals surface area (Å²) in [7, 11) is 0. The Balaban J connectivity index is 1.53. The second-order valence-electron chi connectivity index (χ2n) is 5.64. The molecular formula is C17H21N5O2. The molecule has 126 valence electrons. The van der Waals surface area contributed by atoms with Crippen LogP contribution in [0.15, 0.2) is 36.7 Å². The number of para-hydroxylation sites is 2. The first-order valence-electron chi connectivity index (χ1n) is 8.18. The van der Waals surface area contributed by atoms with Crippen LogP contribution in [0, 0.1) is 0 Å². The summed E-state index contributed by atoms with van der Waals surface area (Å²) in [5.74, 6) is 0.797. The lowest BCUT2D eigenvalue weighted by Crippen LogP contribution is -2.21. The SMILES string of the molecule is O=C(O)NCCCCCCNc1nc2ccccc2n2ccnc12. The highest BCUT2D eigenvalue weighted by atomic mass is 16.4. The van der Waals surface area contributed by atoms with Gasteiger partial charge in [-0.25, -0.2) is 14.8 Å². The number of aromatic nitrogens is 3. The number of nitrogens with one attached hydrogen (secondary N) is 2. The zero-order valence-electron chi connectivity index (χ0n) is 13.4. The van der Waals surface area contributed by atoms with E-state index in [0.29, 0.717) is 6.54 Å². The van der Waals surface area contributed by atoms with Gasteiger partial charge in [0.1, 0.15) is 0 Å². The van der Waals surface area contributed by atoms with Crippen LogP contribution in [0.4, 0.5) is 10.6 Å². The predicted molar refractivity (Wildman–Crippen MR) is 93.5 cm³/mol. The number of carboxylic acid groups (broad SMARTS) is 1. The van der Waals surface area contributed by atoms with Crippen LogP contribution in [0.1, 0.15) is 25.7 Å². The lowest BCUT2D eigenvalue weighted by molar-refractivity contribution is 0.194. The first kappa shape index (κ1) is 16.0. The van der Waals surface area contributed by atoms with Gasteiger partial charge in [0, 0.05) is 25.5 Å². The van der Waals surface area contributed by atoms with Crippen molar-refractivity contribution in [1.82, 2.24) is 19.7 Å². The Morgan fingerprint density at radius 3 is 2.75 bits per heavy atom. The molecule has 0 aliphatic carbocycles. The Bertz CT molecular complexity index is 830. The molecule has 24 heavy (non-hydrogen) atoms. The van der Waals surface area contributed by atoms with Gasteiger partial charge < -0.3 is 15.7 Å². The highest BCUT2D eigenvalue weighted by Crippen LogP contribution is 2.20. The predicted octanol–water partition coefficient (Wildman–Crippen LogP) is 3.12. The van der Waals surface area contributed by atoms with Gasteiger partial charge in [0.15, 0.2) is 11.5 Å². The van der Waals surface area contributed by atoms with Crippen molar-refractivity contribution in [1.29, 1.82) is 0 Å². The standard InChI is InChI=1S/C17H21N5O2/c23-17(24)20-10-6-2-1-5-9-18-15-16-19-11-12-22(16)14-8-4-3-7-13(14)21-15/h3-4,7-8,11-12,20H,1-2,5-6,9-10H2,(H,18,21)(H,23,24). The molecule has 0 spiro atoms. The highest BCUT2D eigenvalue weighted by molar-refractivity contribution is 5.82. The molecule has 3 N–H and O–H groups in total. The van der Waals surface area contributed by atoms with Crippen molar-refractivity contribution in [3.8, 4) is 0 Å². The molecule has 7 heteroatoms. The molecule has 0 aliphatic heterocycles. The second kappa shape index (κ2) is 7.63. The molecule has 0 bridgehead atoms. The number of nitrogens with zero attached hydrogens (tertiary/aromatic N) is 3. The largest absolute Gasteiger partial charge is 0.465 e. The molecule has 0 saturated carbocycles. The molecule has 3 rings (SSSR count). The fraction of sp³-hybridized carbons (Fsp3) is 0.353. The molecule has 1 aromatic carbocycles. The maximum atomic E-state index is 10.3. The van der Waals surface area contributed by atoms with Crippen molar-refractivity contribution < 1.29 is 9.90 Å². The number of imidazole rings is 1. The summed E-state index contributed by atoms with van der Waals surface area (Å²) >= 11 is 0. The van der Waals surface area contributed by atoms with Crippen LogP contribution < -0.4 is 10.6 Å². The lowest BCUT2D eigenvalue weighted by Gasteiger charge is -2.09. The molecule has 0 unspecified atom stereocenters. The number of hydrogen-bond acceptors (Lipinski definition) is 4. The molecule has 1 amide bonds. The molecule has 3 aromatic rings. The van der Waals surface area contributed by atoms with E-state index < -0.39 is 6.09 Å². The molecule has 2 heterocycles. The van der Waals surface area contributed by atoms with Gasteiger partial charge in [0.05, 0.1) is 11.0 Å². The molecule has 0 atom stereocenters. The minimum atomic E-state index is -0.956. The van der Waals surface area contributed by atoms with E-state index in [4.69, 9.17) is 5.11 Å². The monoisotopic (exact) mass is 327 g/mol. The summed E-state index contributed by atoms with van der Waals surface area (Å²) in [6, 6.07) is 8.00. The van der Waals surface area contributed by atoms with Crippen LogP contribution in [-0.4, -0.2) is 38.7 Å².